The summed E-state index contributed by atoms with van der Waals surface area (Å²) in [5, 5.41) is 1.82. The van der Waals surface area contributed by atoms with Crippen LogP contribution in [0.1, 0.15) is 0 Å². The Morgan fingerprint density at radius 3 is 3.00 bits per heavy atom. The van der Waals surface area contributed by atoms with Gasteiger partial charge in [0.1, 0.15) is 5.65 Å². The third-order valence-electron chi connectivity index (χ3n) is 1.35. The van der Waals surface area contributed by atoms with Gasteiger partial charge in [-0.2, -0.15) is 0 Å². The highest BCUT2D eigenvalue weighted by atomic mass is 35.5. The average Bonchev–Trinajstić information content (AvgIpc) is 2.35. The lowest BCUT2D eigenvalue weighted by Gasteiger charge is -1.72. The molecule has 0 fully saturated rings. The number of aromatic nitrogens is 2. The van der Waals surface area contributed by atoms with E-state index in [1.807, 2.05) is 12.3 Å². The van der Waals surface area contributed by atoms with Crippen molar-refractivity contribution in [1.29, 1.82) is 0 Å². The van der Waals surface area contributed by atoms with E-state index in [0.717, 1.165) is 16.1 Å². The van der Waals surface area contributed by atoms with Gasteiger partial charge in [0.25, 0.3) is 0 Å². The molecule has 0 spiro atoms. The maximum atomic E-state index is 5.76. The van der Waals surface area contributed by atoms with Gasteiger partial charge in [0.05, 0.1) is 5.02 Å². The number of rotatable bonds is 0. The number of H-pyrrole nitrogens is 2. The molecule has 0 unspecified atom stereocenters. The van der Waals surface area contributed by atoms with Gasteiger partial charge < -0.3 is 9.97 Å². The molecule has 2 aromatic rings. The van der Waals surface area contributed by atoms with E-state index in [2.05, 4.69) is 9.97 Å². The van der Waals surface area contributed by atoms with E-state index >= 15 is 0 Å². The third-order valence-corrected chi connectivity index (χ3v) is 1.66. The number of nitrogens with one attached hydrogen (secondary N) is 2. The molecule has 0 aliphatic rings. The lowest BCUT2D eigenvalue weighted by molar-refractivity contribution is 1.35. The summed E-state index contributed by atoms with van der Waals surface area (Å²) in [5.41, 5.74) is 0.986. The van der Waals surface area contributed by atoms with Crippen LogP contribution in [0.5, 0.6) is 0 Å². The highest BCUT2D eigenvalue weighted by Crippen LogP contribution is 2.20. The van der Waals surface area contributed by atoms with Gasteiger partial charge in [-0.15, -0.1) is 0 Å². The van der Waals surface area contributed by atoms with Crippen LogP contribution >= 0.6 is 11.6 Å². The Hall–Kier alpha value is -0.890. The molecular weight excluding hydrogens is 136 g/mol. The Kier molecular flexibility index (Phi) is 0.848. The van der Waals surface area contributed by atoms with Gasteiger partial charge in [-0.25, -0.2) is 0 Å². The summed E-state index contributed by atoms with van der Waals surface area (Å²) in [6, 6.07) is 1.94. The van der Waals surface area contributed by atoms with Crippen LogP contribution in [0, 0.1) is 0 Å². The fraction of sp³-hybridized carbons (Fsp3) is 0. The van der Waals surface area contributed by atoms with Crippen LogP contribution in [0.15, 0.2) is 18.5 Å². The molecule has 0 aliphatic heterocycles. The lowest BCUT2D eigenvalue weighted by atomic mass is 10.4. The van der Waals surface area contributed by atoms with Gasteiger partial charge >= 0.3 is 0 Å². The van der Waals surface area contributed by atoms with Crippen LogP contribution in [-0.4, -0.2) is 9.97 Å². The number of fused-ring (bicyclic) bond motifs is 1. The number of hydrogen-bond donors (Lipinski definition) is 2. The highest BCUT2D eigenvalue weighted by Gasteiger charge is 1.98. The maximum absolute atomic E-state index is 5.76. The van der Waals surface area contributed by atoms with Crippen LogP contribution in [0.2, 0.25) is 5.02 Å². The fourth-order valence-electron chi connectivity index (χ4n) is 0.901. The second-order valence-electron chi connectivity index (χ2n) is 1.90. The van der Waals surface area contributed by atoms with E-state index in [1.54, 1.807) is 6.20 Å². The van der Waals surface area contributed by atoms with Crippen LogP contribution in [0.25, 0.3) is 11.0 Å². The first-order chi connectivity index (χ1) is 4.38. The monoisotopic (exact) mass is 140 g/mol. The van der Waals surface area contributed by atoms with Crippen molar-refractivity contribution in [2.75, 3.05) is 0 Å². The van der Waals surface area contributed by atoms with Gasteiger partial charge in [-0.3, -0.25) is 0 Å². The predicted molar refractivity (Wildman–Crippen MR) is 37.7 cm³/mol. The second kappa shape index (κ2) is 1.54. The molecule has 0 amide bonds. The first-order valence-corrected chi connectivity index (χ1v) is 3.05. The SMILES string of the molecule is Clc1c[nH]c2[nH]ccc12. The minimum absolute atomic E-state index is 0.770. The standard InChI is InChI=1S/C6H5ClN2/c7-5-3-9-6-4(5)1-2-8-6/h1-3,8-9H. The molecule has 2 N–H and O–H groups in total. The van der Waals surface area contributed by atoms with E-state index in [-0.39, 0.29) is 0 Å². The predicted octanol–water partition coefficient (Wildman–Crippen LogP) is 2.15. The van der Waals surface area contributed by atoms with E-state index in [1.165, 1.54) is 0 Å². The molecule has 2 aromatic heterocycles. The van der Waals surface area contributed by atoms with Gasteiger partial charge in [0.15, 0.2) is 0 Å². The van der Waals surface area contributed by atoms with Crippen molar-refractivity contribution in [3.05, 3.63) is 23.5 Å². The molecule has 46 valence electrons. The Bertz CT molecular complexity index is 320. The lowest BCUT2D eigenvalue weighted by Crippen LogP contribution is -1.58. The normalized spacial score (nSPS) is 10.8. The summed E-state index contributed by atoms with van der Waals surface area (Å²) in [4.78, 5) is 5.98. The van der Waals surface area contributed by atoms with E-state index in [0.29, 0.717) is 0 Å². The van der Waals surface area contributed by atoms with Crippen LogP contribution in [0.3, 0.4) is 0 Å². The minimum atomic E-state index is 0.770. The highest BCUT2D eigenvalue weighted by molar-refractivity contribution is 6.35. The molecule has 0 aliphatic carbocycles. The topological polar surface area (TPSA) is 31.6 Å². The largest absolute Gasteiger partial charge is 0.348 e. The quantitative estimate of drug-likeness (QED) is 0.562. The summed E-state index contributed by atoms with van der Waals surface area (Å²) in [7, 11) is 0. The van der Waals surface area contributed by atoms with Crippen molar-refractivity contribution in [1.82, 2.24) is 9.97 Å². The molecule has 0 radical (unpaired) electrons. The van der Waals surface area contributed by atoms with Crippen LogP contribution < -0.4 is 0 Å². The number of halogens is 1. The zero-order valence-corrected chi connectivity index (χ0v) is 5.37. The van der Waals surface area contributed by atoms with Gasteiger partial charge in [0, 0.05) is 17.8 Å². The fourth-order valence-corrected chi connectivity index (χ4v) is 1.11. The van der Waals surface area contributed by atoms with Gasteiger partial charge in [-0.05, 0) is 6.07 Å². The Labute approximate surface area is 56.8 Å². The Morgan fingerprint density at radius 2 is 2.22 bits per heavy atom. The Balaban J connectivity index is 2.99. The zero-order chi connectivity index (χ0) is 6.27. The minimum Gasteiger partial charge on any atom is -0.348 e. The van der Waals surface area contributed by atoms with Crippen LogP contribution in [-0.2, 0) is 0 Å². The van der Waals surface area contributed by atoms with Gasteiger partial charge in [0.2, 0.25) is 0 Å². The molecule has 0 saturated carbocycles. The van der Waals surface area contributed by atoms with Crippen molar-refractivity contribution in [2.24, 2.45) is 0 Å². The first-order valence-electron chi connectivity index (χ1n) is 2.68. The molecule has 2 rings (SSSR count). The Morgan fingerprint density at radius 1 is 1.33 bits per heavy atom. The van der Waals surface area contributed by atoms with E-state index < -0.39 is 0 Å². The van der Waals surface area contributed by atoms with Crippen LogP contribution in [0.4, 0.5) is 0 Å². The smallest absolute Gasteiger partial charge is 0.116 e. The number of aromatic amines is 2. The molecule has 9 heavy (non-hydrogen) atoms. The van der Waals surface area contributed by atoms with Crippen molar-refractivity contribution >= 4 is 22.6 Å². The van der Waals surface area contributed by atoms with E-state index in [9.17, 15) is 0 Å². The molecular formula is C6H5ClN2. The zero-order valence-electron chi connectivity index (χ0n) is 4.61. The molecule has 0 aromatic carbocycles. The summed E-state index contributed by atoms with van der Waals surface area (Å²) in [5.74, 6) is 0. The summed E-state index contributed by atoms with van der Waals surface area (Å²) in [6.45, 7) is 0. The van der Waals surface area contributed by atoms with E-state index in [4.69, 9.17) is 11.6 Å². The molecule has 0 bridgehead atoms. The first kappa shape index (κ1) is 4.94. The van der Waals surface area contributed by atoms with Crippen molar-refractivity contribution in [2.45, 2.75) is 0 Å². The third kappa shape index (κ3) is 0.566. The molecule has 3 heteroatoms. The van der Waals surface area contributed by atoms with Crippen molar-refractivity contribution < 1.29 is 0 Å². The van der Waals surface area contributed by atoms with Crippen molar-refractivity contribution in [3.8, 4) is 0 Å². The molecule has 2 nitrogen and oxygen atoms in total. The molecule has 0 atom stereocenters. The summed E-state index contributed by atoms with van der Waals surface area (Å²) >= 11 is 5.76. The average molecular weight is 141 g/mol. The summed E-state index contributed by atoms with van der Waals surface area (Å²) in [6.07, 6.45) is 3.62. The maximum Gasteiger partial charge on any atom is 0.116 e. The second-order valence-corrected chi connectivity index (χ2v) is 2.31. The molecule has 0 saturated heterocycles. The number of hydrogen-bond acceptors (Lipinski definition) is 0. The van der Waals surface area contributed by atoms with Gasteiger partial charge in [-0.1, -0.05) is 11.6 Å². The molecule has 2 heterocycles. The van der Waals surface area contributed by atoms with Crippen molar-refractivity contribution in [3.63, 3.8) is 0 Å². The summed E-state index contributed by atoms with van der Waals surface area (Å²) < 4.78 is 0.